The standard InChI is InChI=1S/C11H21NO/c1-11(13)5-2-9(3-6-11)10-4-7-12-8-10/h9-10,12-13H,2-8H2,1H3. The number of aliphatic hydroxyl groups is 1. The molecule has 2 rings (SSSR count). The van der Waals surface area contributed by atoms with Gasteiger partial charge < -0.3 is 10.4 Å². The van der Waals surface area contributed by atoms with E-state index in [2.05, 4.69) is 5.32 Å². The predicted molar refractivity (Wildman–Crippen MR) is 53.6 cm³/mol. The highest BCUT2D eigenvalue weighted by Gasteiger charge is 2.33. The molecule has 0 radical (unpaired) electrons. The van der Waals surface area contributed by atoms with Gasteiger partial charge in [0.05, 0.1) is 5.60 Å². The summed E-state index contributed by atoms with van der Waals surface area (Å²) in [6.45, 7) is 4.40. The lowest BCUT2D eigenvalue weighted by Gasteiger charge is -2.35. The van der Waals surface area contributed by atoms with E-state index in [9.17, 15) is 5.11 Å². The molecule has 1 aliphatic carbocycles. The Hall–Kier alpha value is -0.0800. The second-order valence-electron chi connectivity index (χ2n) is 5.09. The van der Waals surface area contributed by atoms with Crippen LogP contribution >= 0.6 is 0 Å². The highest BCUT2D eigenvalue weighted by atomic mass is 16.3. The van der Waals surface area contributed by atoms with Crippen LogP contribution in [0.5, 0.6) is 0 Å². The highest BCUT2D eigenvalue weighted by molar-refractivity contribution is 4.87. The molecule has 1 saturated carbocycles. The summed E-state index contributed by atoms with van der Waals surface area (Å²) in [7, 11) is 0. The van der Waals surface area contributed by atoms with E-state index >= 15 is 0 Å². The van der Waals surface area contributed by atoms with Gasteiger partial charge in [0.25, 0.3) is 0 Å². The molecule has 2 fully saturated rings. The molecule has 2 aliphatic rings. The van der Waals surface area contributed by atoms with Gasteiger partial charge in [-0.25, -0.2) is 0 Å². The van der Waals surface area contributed by atoms with E-state index in [1.165, 1.54) is 32.4 Å². The molecule has 0 spiro atoms. The van der Waals surface area contributed by atoms with Crippen LogP contribution in [0.15, 0.2) is 0 Å². The van der Waals surface area contributed by atoms with Gasteiger partial charge in [0.2, 0.25) is 0 Å². The maximum Gasteiger partial charge on any atom is 0.0620 e. The third kappa shape index (κ3) is 2.23. The minimum atomic E-state index is -0.359. The summed E-state index contributed by atoms with van der Waals surface area (Å²) in [5.41, 5.74) is -0.359. The summed E-state index contributed by atoms with van der Waals surface area (Å²) in [6, 6.07) is 0. The molecule has 76 valence electrons. The van der Waals surface area contributed by atoms with Gasteiger partial charge in [-0.1, -0.05) is 0 Å². The maximum atomic E-state index is 9.82. The van der Waals surface area contributed by atoms with Crippen molar-refractivity contribution in [2.75, 3.05) is 13.1 Å². The fraction of sp³-hybridized carbons (Fsp3) is 1.00. The van der Waals surface area contributed by atoms with Crippen LogP contribution in [0.25, 0.3) is 0 Å². The molecule has 0 bridgehead atoms. The Morgan fingerprint density at radius 3 is 2.38 bits per heavy atom. The van der Waals surface area contributed by atoms with Gasteiger partial charge in [0.15, 0.2) is 0 Å². The molecule has 0 aromatic rings. The molecule has 1 heterocycles. The number of rotatable bonds is 1. The zero-order valence-electron chi connectivity index (χ0n) is 8.55. The Labute approximate surface area is 80.7 Å². The van der Waals surface area contributed by atoms with E-state index in [1.54, 1.807) is 0 Å². The molecule has 2 nitrogen and oxygen atoms in total. The third-order valence-electron chi connectivity index (χ3n) is 3.87. The summed E-state index contributed by atoms with van der Waals surface area (Å²) >= 11 is 0. The molecule has 1 saturated heterocycles. The lowest BCUT2D eigenvalue weighted by Crippen LogP contribution is -2.33. The molecule has 2 N–H and O–H groups in total. The minimum absolute atomic E-state index is 0.359. The number of hydrogen-bond donors (Lipinski definition) is 2. The summed E-state index contributed by atoms with van der Waals surface area (Å²) in [4.78, 5) is 0. The van der Waals surface area contributed by atoms with Crippen molar-refractivity contribution < 1.29 is 5.11 Å². The molecule has 13 heavy (non-hydrogen) atoms. The van der Waals surface area contributed by atoms with Crippen molar-refractivity contribution in [3.05, 3.63) is 0 Å². The molecule has 1 atom stereocenters. The molecular weight excluding hydrogens is 162 g/mol. The van der Waals surface area contributed by atoms with E-state index < -0.39 is 0 Å². The lowest BCUT2D eigenvalue weighted by atomic mass is 9.74. The van der Waals surface area contributed by atoms with Crippen molar-refractivity contribution in [1.82, 2.24) is 5.32 Å². The molecule has 1 aliphatic heterocycles. The van der Waals surface area contributed by atoms with E-state index in [0.29, 0.717) is 0 Å². The second kappa shape index (κ2) is 3.58. The van der Waals surface area contributed by atoms with Gasteiger partial charge in [0, 0.05) is 0 Å². The van der Waals surface area contributed by atoms with Gasteiger partial charge in [-0.15, -0.1) is 0 Å². The summed E-state index contributed by atoms with van der Waals surface area (Å²) in [6.07, 6.45) is 5.84. The van der Waals surface area contributed by atoms with Crippen LogP contribution in [0.3, 0.4) is 0 Å². The van der Waals surface area contributed by atoms with Crippen LogP contribution in [0.1, 0.15) is 39.0 Å². The van der Waals surface area contributed by atoms with E-state index in [1.807, 2.05) is 6.92 Å². The molecule has 0 aromatic carbocycles. The molecule has 1 unspecified atom stereocenters. The summed E-state index contributed by atoms with van der Waals surface area (Å²) in [5.74, 6) is 1.78. The Kier molecular flexibility index (Phi) is 2.61. The Bertz CT molecular complexity index is 163. The Morgan fingerprint density at radius 1 is 1.15 bits per heavy atom. The molecule has 0 aromatic heterocycles. The van der Waals surface area contributed by atoms with E-state index in [4.69, 9.17) is 0 Å². The number of hydrogen-bond acceptors (Lipinski definition) is 2. The van der Waals surface area contributed by atoms with Crippen LogP contribution in [0.4, 0.5) is 0 Å². The molecule has 0 amide bonds. The zero-order chi connectivity index (χ0) is 9.31. The van der Waals surface area contributed by atoms with Crippen LogP contribution < -0.4 is 5.32 Å². The second-order valence-corrected chi connectivity index (χ2v) is 5.09. The molecular formula is C11H21NO. The smallest absolute Gasteiger partial charge is 0.0620 e. The average molecular weight is 183 g/mol. The fourth-order valence-corrected chi connectivity index (χ4v) is 2.81. The van der Waals surface area contributed by atoms with Crippen LogP contribution in [0.2, 0.25) is 0 Å². The zero-order valence-corrected chi connectivity index (χ0v) is 8.55. The monoisotopic (exact) mass is 183 g/mol. The van der Waals surface area contributed by atoms with Crippen LogP contribution in [0, 0.1) is 11.8 Å². The first-order valence-corrected chi connectivity index (χ1v) is 5.60. The normalized spacial score (nSPS) is 46.6. The fourth-order valence-electron chi connectivity index (χ4n) is 2.81. The first kappa shape index (κ1) is 9.47. The largest absolute Gasteiger partial charge is 0.390 e. The maximum absolute atomic E-state index is 9.82. The Morgan fingerprint density at radius 2 is 1.85 bits per heavy atom. The summed E-state index contributed by atoms with van der Waals surface area (Å²) in [5, 5.41) is 13.2. The van der Waals surface area contributed by atoms with Crippen LogP contribution in [-0.4, -0.2) is 23.8 Å². The van der Waals surface area contributed by atoms with Crippen molar-refractivity contribution in [2.45, 2.75) is 44.6 Å². The molecule has 2 heteroatoms. The van der Waals surface area contributed by atoms with Crippen molar-refractivity contribution in [2.24, 2.45) is 11.8 Å². The van der Waals surface area contributed by atoms with Gasteiger partial charge in [-0.05, 0) is 64.0 Å². The van der Waals surface area contributed by atoms with Crippen LogP contribution in [-0.2, 0) is 0 Å². The van der Waals surface area contributed by atoms with Gasteiger partial charge in [-0.3, -0.25) is 0 Å². The Balaban J connectivity index is 1.83. The lowest BCUT2D eigenvalue weighted by molar-refractivity contribution is 0.000437. The van der Waals surface area contributed by atoms with Gasteiger partial charge >= 0.3 is 0 Å². The van der Waals surface area contributed by atoms with E-state index in [0.717, 1.165) is 24.7 Å². The quantitative estimate of drug-likeness (QED) is 0.646. The topological polar surface area (TPSA) is 32.3 Å². The third-order valence-corrected chi connectivity index (χ3v) is 3.87. The van der Waals surface area contributed by atoms with Crippen molar-refractivity contribution >= 4 is 0 Å². The highest BCUT2D eigenvalue weighted by Crippen LogP contribution is 2.37. The van der Waals surface area contributed by atoms with Gasteiger partial charge in [-0.2, -0.15) is 0 Å². The minimum Gasteiger partial charge on any atom is -0.390 e. The van der Waals surface area contributed by atoms with Crippen molar-refractivity contribution in [3.63, 3.8) is 0 Å². The SMILES string of the molecule is CC1(O)CCC(C2CCNC2)CC1. The first-order chi connectivity index (χ1) is 6.17. The van der Waals surface area contributed by atoms with Gasteiger partial charge in [0.1, 0.15) is 0 Å². The van der Waals surface area contributed by atoms with Crippen molar-refractivity contribution in [3.8, 4) is 0 Å². The first-order valence-electron chi connectivity index (χ1n) is 5.60. The predicted octanol–water partition coefficient (Wildman–Crippen LogP) is 1.54. The summed E-state index contributed by atoms with van der Waals surface area (Å²) < 4.78 is 0. The van der Waals surface area contributed by atoms with Crippen molar-refractivity contribution in [1.29, 1.82) is 0 Å². The van der Waals surface area contributed by atoms with E-state index in [-0.39, 0.29) is 5.60 Å². The number of nitrogens with one attached hydrogen (secondary N) is 1. The average Bonchev–Trinajstić information content (AvgIpc) is 2.56.